The van der Waals surface area contributed by atoms with Crippen LogP contribution in [0.1, 0.15) is 58.4 Å². The molecule has 1 heterocycles. The van der Waals surface area contributed by atoms with Gasteiger partial charge in [0.1, 0.15) is 0 Å². The standard InChI is InChI=1S/C20H28ClNO/c1-19(2)11-17-12-20(3,13-19)14-22(17)18(23)6-4-5-15-7-9-16(21)10-8-15/h7-10,17H,4-6,11-14H2,1-3H3. The first-order valence-electron chi connectivity index (χ1n) is 8.80. The number of halogens is 1. The molecular formula is C20H28ClNO. The van der Waals surface area contributed by atoms with Crippen LogP contribution in [-0.2, 0) is 11.2 Å². The van der Waals surface area contributed by atoms with Crippen molar-refractivity contribution in [1.82, 2.24) is 4.90 Å². The fraction of sp³-hybridized carbons (Fsp3) is 0.650. The number of benzene rings is 1. The van der Waals surface area contributed by atoms with Crippen LogP contribution in [-0.4, -0.2) is 23.4 Å². The molecule has 2 unspecified atom stereocenters. The van der Waals surface area contributed by atoms with Gasteiger partial charge in [0.25, 0.3) is 0 Å². The molecule has 0 spiro atoms. The molecule has 126 valence electrons. The van der Waals surface area contributed by atoms with Crippen molar-refractivity contribution in [3.8, 4) is 0 Å². The number of aryl methyl sites for hydroxylation is 1. The quantitative estimate of drug-likeness (QED) is 0.751. The third-order valence-corrected chi connectivity index (χ3v) is 5.76. The Morgan fingerprint density at radius 1 is 1.22 bits per heavy atom. The minimum Gasteiger partial charge on any atom is -0.339 e. The summed E-state index contributed by atoms with van der Waals surface area (Å²) in [4.78, 5) is 14.9. The van der Waals surface area contributed by atoms with Crippen LogP contribution in [0.4, 0.5) is 0 Å². The van der Waals surface area contributed by atoms with Gasteiger partial charge in [-0.25, -0.2) is 0 Å². The van der Waals surface area contributed by atoms with E-state index in [2.05, 4.69) is 37.8 Å². The van der Waals surface area contributed by atoms with E-state index in [9.17, 15) is 4.79 Å². The molecule has 1 amide bonds. The van der Waals surface area contributed by atoms with E-state index in [1.165, 1.54) is 18.4 Å². The van der Waals surface area contributed by atoms with Crippen molar-refractivity contribution in [2.45, 2.75) is 65.3 Å². The van der Waals surface area contributed by atoms with E-state index in [0.29, 0.717) is 29.2 Å². The number of fused-ring (bicyclic) bond motifs is 2. The fourth-order valence-electron chi connectivity index (χ4n) is 4.99. The van der Waals surface area contributed by atoms with E-state index < -0.39 is 0 Å². The predicted molar refractivity (Wildman–Crippen MR) is 95.6 cm³/mol. The van der Waals surface area contributed by atoms with E-state index in [0.717, 1.165) is 30.8 Å². The highest BCUT2D eigenvalue weighted by Crippen LogP contribution is 2.52. The van der Waals surface area contributed by atoms with Gasteiger partial charge in [-0.05, 0) is 60.6 Å². The first kappa shape index (κ1) is 16.8. The van der Waals surface area contributed by atoms with Gasteiger partial charge >= 0.3 is 0 Å². The summed E-state index contributed by atoms with van der Waals surface area (Å²) in [6, 6.07) is 8.42. The molecule has 2 nitrogen and oxygen atoms in total. The van der Waals surface area contributed by atoms with Gasteiger partial charge in [0.2, 0.25) is 5.91 Å². The highest BCUT2D eigenvalue weighted by Gasteiger charge is 2.50. The van der Waals surface area contributed by atoms with Crippen molar-refractivity contribution in [2.75, 3.05) is 6.54 Å². The van der Waals surface area contributed by atoms with Gasteiger partial charge < -0.3 is 4.90 Å². The second-order valence-corrected chi connectivity index (χ2v) is 9.15. The Balaban J connectivity index is 1.54. The van der Waals surface area contributed by atoms with E-state index in [1.807, 2.05) is 12.1 Å². The Morgan fingerprint density at radius 3 is 2.61 bits per heavy atom. The maximum Gasteiger partial charge on any atom is 0.222 e. The monoisotopic (exact) mass is 333 g/mol. The minimum atomic E-state index is 0.332. The van der Waals surface area contributed by atoms with E-state index in [1.54, 1.807) is 0 Å². The number of rotatable bonds is 4. The number of hydrogen-bond acceptors (Lipinski definition) is 1. The van der Waals surface area contributed by atoms with Gasteiger partial charge in [-0.3, -0.25) is 4.79 Å². The Kier molecular flexibility index (Phi) is 4.48. The van der Waals surface area contributed by atoms with Crippen molar-refractivity contribution < 1.29 is 4.79 Å². The van der Waals surface area contributed by atoms with Crippen molar-refractivity contribution >= 4 is 17.5 Å². The van der Waals surface area contributed by atoms with Crippen LogP contribution in [0.15, 0.2) is 24.3 Å². The normalized spacial score (nSPS) is 28.9. The van der Waals surface area contributed by atoms with Gasteiger partial charge in [-0.15, -0.1) is 0 Å². The number of likely N-dealkylation sites (tertiary alicyclic amines) is 1. The SMILES string of the molecule is CC1(C)CC2CC(C)(CN2C(=O)CCCc2ccc(Cl)cc2)C1. The molecule has 1 saturated carbocycles. The lowest BCUT2D eigenvalue weighted by Crippen LogP contribution is -2.37. The lowest BCUT2D eigenvalue weighted by Gasteiger charge is -2.39. The van der Waals surface area contributed by atoms with Crippen LogP contribution in [0.5, 0.6) is 0 Å². The molecule has 3 heteroatoms. The van der Waals surface area contributed by atoms with E-state index in [-0.39, 0.29) is 0 Å². The maximum atomic E-state index is 12.7. The van der Waals surface area contributed by atoms with E-state index in [4.69, 9.17) is 11.6 Å². The Bertz CT molecular complexity index is 580. The highest BCUT2D eigenvalue weighted by molar-refractivity contribution is 6.30. The second-order valence-electron chi connectivity index (χ2n) is 8.72. The topological polar surface area (TPSA) is 20.3 Å². The molecule has 2 fully saturated rings. The zero-order valence-electron chi connectivity index (χ0n) is 14.6. The van der Waals surface area contributed by atoms with Crippen molar-refractivity contribution in [3.05, 3.63) is 34.9 Å². The molecule has 2 atom stereocenters. The molecule has 2 aliphatic rings. The van der Waals surface area contributed by atoms with Crippen molar-refractivity contribution in [2.24, 2.45) is 10.8 Å². The molecule has 0 aromatic heterocycles. The first-order chi connectivity index (χ1) is 10.8. The molecule has 0 radical (unpaired) electrons. The fourth-order valence-corrected chi connectivity index (χ4v) is 5.12. The van der Waals surface area contributed by atoms with Gasteiger partial charge in [0.05, 0.1) is 0 Å². The summed E-state index contributed by atoms with van der Waals surface area (Å²) in [6.45, 7) is 8.03. The van der Waals surface area contributed by atoms with Crippen LogP contribution in [0.25, 0.3) is 0 Å². The van der Waals surface area contributed by atoms with Gasteiger partial charge in [-0.2, -0.15) is 0 Å². The van der Waals surface area contributed by atoms with Gasteiger partial charge in [0.15, 0.2) is 0 Å². The van der Waals surface area contributed by atoms with Crippen molar-refractivity contribution in [1.29, 1.82) is 0 Å². The number of carbonyl (C=O) groups is 1. The summed E-state index contributed by atoms with van der Waals surface area (Å²) in [6.07, 6.45) is 6.12. The molecule has 3 rings (SSSR count). The van der Waals surface area contributed by atoms with Gasteiger partial charge in [0, 0.05) is 24.0 Å². The maximum absolute atomic E-state index is 12.7. The number of hydrogen-bond donors (Lipinski definition) is 0. The number of carbonyl (C=O) groups excluding carboxylic acids is 1. The average molecular weight is 334 g/mol. The zero-order chi connectivity index (χ0) is 16.7. The van der Waals surface area contributed by atoms with Crippen LogP contribution >= 0.6 is 11.6 Å². The second kappa shape index (κ2) is 6.12. The number of nitrogens with zero attached hydrogens (tertiary/aromatic N) is 1. The lowest BCUT2D eigenvalue weighted by atomic mass is 9.65. The Morgan fingerprint density at radius 2 is 1.91 bits per heavy atom. The summed E-state index contributed by atoms with van der Waals surface area (Å²) in [5, 5.41) is 0.769. The van der Waals surface area contributed by atoms with Gasteiger partial charge in [-0.1, -0.05) is 44.5 Å². The third kappa shape index (κ3) is 3.91. The molecule has 1 aliphatic carbocycles. The third-order valence-electron chi connectivity index (χ3n) is 5.50. The van der Waals surface area contributed by atoms with Crippen LogP contribution < -0.4 is 0 Å². The predicted octanol–water partition coefficient (Wildman–Crippen LogP) is 5.09. The lowest BCUT2D eigenvalue weighted by molar-refractivity contribution is -0.132. The van der Waals surface area contributed by atoms with Crippen LogP contribution in [0.3, 0.4) is 0 Å². The molecule has 0 N–H and O–H groups in total. The molecule has 1 saturated heterocycles. The van der Waals surface area contributed by atoms with E-state index >= 15 is 0 Å². The molecule has 23 heavy (non-hydrogen) atoms. The molecule has 1 aromatic rings. The zero-order valence-corrected chi connectivity index (χ0v) is 15.3. The Labute approximate surface area is 145 Å². The summed E-state index contributed by atoms with van der Waals surface area (Å²) in [5.41, 5.74) is 1.96. The highest BCUT2D eigenvalue weighted by atomic mass is 35.5. The molecule has 1 aromatic carbocycles. The number of amides is 1. The Hall–Kier alpha value is -1.02. The molecule has 1 aliphatic heterocycles. The van der Waals surface area contributed by atoms with Crippen molar-refractivity contribution in [3.63, 3.8) is 0 Å². The smallest absolute Gasteiger partial charge is 0.222 e. The average Bonchev–Trinajstić information content (AvgIpc) is 2.70. The summed E-state index contributed by atoms with van der Waals surface area (Å²) >= 11 is 5.91. The first-order valence-corrected chi connectivity index (χ1v) is 9.18. The minimum absolute atomic E-state index is 0.332. The summed E-state index contributed by atoms with van der Waals surface area (Å²) in [5.74, 6) is 0.352. The van der Waals surface area contributed by atoms with Crippen LogP contribution in [0.2, 0.25) is 5.02 Å². The molecular weight excluding hydrogens is 306 g/mol. The molecule has 2 bridgehead atoms. The summed E-state index contributed by atoms with van der Waals surface area (Å²) in [7, 11) is 0. The van der Waals surface area contributed by atoms with Crippen LogP contribution in [0, 0.1) is 10.8 Å². The largest absolute Gasteiger partial charge is 0.339 e. The summed E-state index contributed by atoms with van der Waals surface area (Å²) < 4.78 is 0.